The van der Waals surface area contributed by atoms with Crippen LogP contribution in [0.5, 0.6) is 0 Å². The van der Waals surface area contributed by atoms with Crippen LogP contribution in [0.1, 0.15) is 29.7 Å². The van der Waals surface area contributed by atoms with E-state index >= 15 is 0 Å². The number of benzene rings is 1. The van der Waals surface area contributed by atoms with Crippen LogP contribution in [0.25, 0.3) is 0 Å². The van der Waals surface area contributed by atoms with Gasteiger partial charge in [-0.25, -0.2) is 14.1 Å². The number of nitrogens with one attached hydrogen (secondary N) is 2. The molecule has 0 bridgehead atoms. The van der Waals surface area contributed by atoms with E-state index in [9.17, 15) is 4.39 Å². The molecule has 0 unspecified atom stereocenters. The summed E-state index contributed by atoms with van der Waals surface area (Å²) >= 11 is 6.51. The van der Waals surface area contributed by atoms with Crippen molar-refractivity contribution in [3.05, 3.63) is 76.5 Å². The number of hydrogen-bond acceptors (Lipinski definition) is 4. The van der Waals surface area contributed by atoms with Crippen molar-refractivity contribution in [2.24, 2.45) is 0 Å². The van der Waals surface area contributed by atoms with Gasteiger partial charge in [0.25, 0.3) is 0 Å². The number of nitrogens with zero attached hydrogens (tertiary/aromatic N) is 3. The van der Waals surface area contributed by atoms with Gasteiger partial charge in [-0.3, -0.25) is 0 Å². The van der Waals surface area contributed by atoms with Gasteiger partial charge in [0.1, 0.15) is 16.8 Å². The molecule has 1 aromatic carbocycles. The minimum atomic E-state index is -0.244. The van der Waals surface area contributed by atoms with E-state index in [1.54, 1.807) is 23.0 Å². The minimum Gasteiger partial charge on any atom is -0.370 e. The quantitative estimate of drug-likeness (QED) is 0.494. The molecule has 0 fully saturated rings. The maximum absolute atomic E-state index is 13.0. The summed E-state index contributed by atoms with van der Waals surface area (Å²) in [6, 6.07) is 12.2. The molecule has 0 atom stereocenters. The molecule has 0 saturated heterocycles. The Kier molecular flexibility index (Phi) is 7.39. The maximum atomic E-state index is 13.0. The Morgan fingerprint density at radius 3 is 2.61 bits per heavy atom. The maximum Gasteiger partial charge on any atom is 0.132 e. The first-order chi connectivity index (χ1) is 13.6. The molecule has 7 heteroatoms. The molecular weight excluding hydrogens is 377 g/mol. The highest BCUT2D eigenvalue weighted by Gasteiger charge is 2.13. The molecule has 5 nitrogen and oxygen atoms in total. The lowest BCUT2D eigenvalue weighted by Crippen LogP contribution is -2.16. The molecule has 0 spiro atoms. The fourth-order valence-corrected chi connectivity index (χ4v) is 3.23. The molecule has 0 radical (unpaired) electrons. The second kappa shape index (κ2) is 10.2. The van der Waals surface area contributed by atoms with Gasteiger partial charge in [-0.05, 0) is 56.1 Å². The number of aryl methyl sites for hydroxylation is 1. The van der Waals surface area contributed by atoms with E-state index < -0.39 is 0 Å². The van der Waals surface area contributed by atoms with Gasteiger partial charge in [-0.2, -0.15) is 5.10 Å². The molecule has 3 rings (SSSR count). The SMILES string of the molecule is Cc1nn(Cc2ccc(F)cc2)c(Cl)c1CNCCCCNc1ccccn1. The van der Waals surface area contributed by atoms with Crippen LogP contribution in [0.4, 0.5) is 10.2 Å². The Labute approximate surface area is 169 Å². The van der Waals surface area contributed by atoms with Crippen molar-refractivity contribution >= 4 is 17.4 Å². The highest BCUT2D eigenvalue weighted by molar-refractivity contribution is 6.30. The van der Waals surface area contributed by atoms with Crippen LogP contribution >= 0.6 is 11.6 Å². The van der Waals surface area contributed by atoms with E-state index in [0.717, 1.165) is 48.6 Å². The van der Waals surface area contributed by atoms with Crippen molar-refractivity contribution in [1.29, 1.82) is 0 Å². The first kappa shape index (κ1) is 20.3. The molecule has 0 aliphatic rings. The first-order valence-corrected chi connectivity index (χ1v) is 9.83. The van der Waals surface area contributed by atoms with Crippen molar-refractivity contribution < 1.29 is 4.39 Å². The molecular formula is C21H25ClFN5. The standard InChI is InChI=1S/C21H25ClFN5/c1-16-19(14-24-11-4-5-13-26-20-6-2-3-12-25-20)21(22)28(27-16)15-17-7-9-18(23)10-8-17/h2-3,6-10,12,24H,4-5,11,13-15H2,1H3,(H,25,26). The lowest BCUT2D eigenvalue weighted by molar-refractivity contribution is 0.624. The molecule has 2 aromatic heterocycles. The number of halogens is 2. The van der Waals surface area contributed by atoms with Crippen molar-refractivity contribution in [3.8, 4) is 0 Å². The van der Waals surface area contributed by atoms with Gasteiger partial charge in [-0.15, -0.1) is 0 Å². The zero-order chi connectivity index (χ0) is 19.8. The summed E-state index contributed by atoms with van der Waals surface area (Å²) in [5, 5.41) is 11.9. The molecule has 148 valence electrons. The summed E-state index contributed by atoms with van der Waals surface area (Å²) in [6.07, 6.45) is 3.90. The summed E-state index contributed by atoms with van der Waals surface area (Å²) in [5.41, 5.74) is 2.89. The molecule has 0 saturated carbocycles. The van der Waals surface area contributed by atoms with Gasteiger partial charge < -0.3 is 10.6 Å². The van der Waals surface area contributed by atoms with Crippen molar-refractivity contribution in [3.63, 3.8) is 0 Å². The fourth-order valence-electron chi connectivity index (χ4n) is 2.93. The summed E-state index contributed by atoms with van der Waals surface area (Å²) < 4.78 is 14.8. The third kappa shape index (κ3) is 5.78. The molecule has 28 heavy (non-hydrogen) atoms. The zero-order valence-corrected chi connectivity index (χ0v) is 16.7. The summed E-state index contributed by atoms with van der Waals surface area (Å²) in [6.45, 7) is 4.97. The second-order valence-corrected chi connectivity index (χ2v) is 7.02. The first-order valence-electron chi connectivity index (χ1n) is 9.45. The van der Waals surface area contributed by atoms with Gasteiger partial charge in [0.15, 0.2) is 0 Å². The number of aromatic nitrogens is 3. The van der Waals surface area contributed by atoms with Gasteiger partial charge in [0.2, 0.25) is 0 Å². The van der Waals surface area contributed by atoms with Crippen molar-refractivity contribution in [1.82, 2.24) is 20.1 Å². The predicted molar refractivity (Wildman–Crippen MR) is 111 cm³/mol. The van der Waals surface area contributed by atoms with Crippen LogP contribution in [-0.2, 0) is 13.1 Å². The Hall–Kier alpha value is -2.44. The third-order valence-electron chi connectivity index (χ3n) is 4.48. The lowest BCUT2D eigenvalue weighted by atomic mass is 10.2. The molecule has 0 aliphatic heterocycles. The summed E-state index contributed by atoms with van der Waals surface area (Å²) in [5.74, 6) is 0.665. The smallest absolute Gasteiger partial charge is 0.132 e. The molecule has 2 N–H and O–H groups in total. The summed E-state index contributed by atoms with van der Waals surface area (Å²) in [4.78, 5) is 4.24. The van der Waals surface area contributed by atoms with Crippen LogP contribution < -0.4 is 10.6 Å². The second-order valence-electron chi connectivity index (χ2n) is 6.66. The van der Waals surface area contributed by atoms with Gasteiger partial charge in [-0.1, -0.05) is 29.8 Å². The lowest BCUT2D eigenvalue weighted by Gasteiger charge is -2.07. The number of rotatable bonds is 10. The topological polar surface area (TPSA) is 54.8 Å². The average Bonchev–Trinajstić information content (AvgIpc) is 2.97. The summed E-state index contributed by atoms with van der Waals surface area (Å²) in [7, 11) is 0. The van der Waals surface area contributed by atoms with E-state index in [1.165, 1.54) is 12.1 Å². The van der Waals surface area contributed by atoms with Crippen LogP contribution in [0.2, 0.25) is 5.15 Å². The van der Waals surface area contributed by atoms with E-state index in [4.69, 9.17) is 11.6 Å². The van der Waals surface area contributed by atoms with Crippen molar-refractivity contribution in [2.45, 2.75) is 32.9 Å². The van der Waals surface area contributed by atoms with Crippen molar-refractivity contribution in [2.75, 3.05) is 18.4 Å². The van der Waals surface area contributed by atoms with Crippen LogP contribution in [0.3, 0.4) is 0 Å². The molecule has 3 aromatic rings. The van der Waals surface area contributed by atoms with Crippen LogP contribution in [0, 0.1) is 12.7 Å². The van der Waals surface area contributed by atoms with Gasteiger partial charge >= 0.3 is 0 Å². The van der Waals surface area contributed by atoms with Gasteiger partial charge in [0.05, 0.1) is 12.2 Å². The number of pyridine rings is 1. The van der Waals surface area contributed by atoms with E-state index in [2.05, 4.69) is 20.7 Å². The number of hydrogen-bond donors (Lipinski definition) is 2. The highest BCUT2D eigenvalue weighted by atomic mass is 35.5. The van der Waals surface area contributed by atoms with Crippen LogP contribution in [-0.4, -0.2) is 27.9 Å². The molecule has 2 heterocycles. The number of unbranched alkanes of at least 4 members (excludes halogenated alkanes) is 1. The van der Waals surface area contributed by atoms with E-state index in [1.807, 2.05) is 25.1 Å². The average molecular weight is 402 g/mol. The highest BCUT2D eigenvalue weighted by Crippen LogP contribution is 2.21. The van der Waals surface area contributed by atoms with E-state index in [0.29, 0.717) is 18.2 Å². The fraction of sp³-hybridized carbons (Fsp3) is 0.333. The Morgan fingerprint density at radius 2 is 1.86 bits per heavy atom. The molecule has 0 aliphatic carbocycles. The van der Waals surface area contributed by atoms with Gasteiger partial charge in [0, 0.05) is 24.8 Å². The Morgan fingerprint density at radius 1 is 1.07 bits per heavy atom. The predicted octanol–water partition coefficient (Wildman–Crippen LogP) is 4.41. The normalized spacial score (nSPS) is 11.0. The van der Waals surface area contributed by atoms with E-state index in [-0.39, 0.29) is 5.82 Å². The zero-order valence-electron chi connectivity index (χ0n) is 16.0. The third-order valence-corrected chi connectivity index (χ3v) is 4.91. The number of anilines is 1. The van der Waals surface area contributed by atoms with Crippen LogP contribution in [0.15, 0.2) is 48.7 Å². The Bertz CT molecular complexity index is 865. The minimum absolute atomic E-state index is 0.244. The monoisotopic (exact) mass is 401 g/mol. The molecule has 0 amide bonds. The Balaban J connectivity index is 1.40. The largest absolute Gasteiger partial charge is 0.370 e.